The van der Waals surface area contributed by atoms with Crippen molar-refractivity contribution < 1.29 is 9.90 Å². The molecule has 0 aliphatic heterocycles. The van der Waals surface area contributed by atoms with Crippen LogP contribution in [0.1, 0.15) is 36.1 Å². The number of H-pyrrole nitrogens is 1. The van der Waals surface area contributed by atoms with Crippen molar-refractivity contribution in [3.8, 4) is 0 Å². The topological polar surface area (TPSA) is 53.1 Å². The number of halogens is 2. The van der Waals surface area contributed by atoms with Crippen molar-refractivity contribution in [3.05, 3.63) is 69.3 Å². The molecule has 0 bridgehead atoms. The summed E-state index contributed by atoms with van der Waals surface area (Å²) in [7, 11) is 0. The van der Waals surface area contributed by atoms with E-state index >= 15 is 0 Å². The van der Waals surface area contributed by atoms with E-state index in [0.29, 0.717) is 29.3 Å². The number of hydrogen-bond donors (Lipinski definition) is 2. The van der Waals surface area contributed by atoms with Gasteiger partial charge < -0.3 is 10.1 Å². The van der Waals surface area contributed by atoms with Gasteiger partial charge in [0, 0.05) is 16.1 Å². The first-order valence-corrected chi connectivity index (χ1v) is 10.00. The number of aliphatic carboxylic acids is 1. The second-order valence-electron chi connectivity index (χ2n) is 7.49. The number of carboxylic acid groups (broad SMARTS) is 1. The largest absolute Gasteiger partial charge is 0.481 e. The summed E-state index contributed by atoms with van der Waals surface area (Å²) in [5, 5.41) is 12.2. The van der Waals surface area contributed by atoms with E-state index in [1.807, 2.05) is 24.3 Å². The van der Waals surface area contributed by atoms with Gasteiger partial charge in [-0.1, -0.05) is 53.5 Å². The van der Waals surface area contributed by atoms with Gasteiger partial charge in [0.1, 0.15) is 0 Å². The minimum atomic E-state index is -0.730. The number of aryl methyl sites for hydroxylation is 2. The van der Waals surface area contributed by atoms with Crippen molar-refractivity contribution in [1.29, 1.82) is 0 Å². The van der Waals surface area contributed by atoms with E-state index in [1.165, 1.54) is 5.56 Å². The maximum Gasteiger partial charge on any atom is 0.309 e. The molecule has 1 unspecified atom stereocenters. The van der Waals surface area contributed by atoms with Crippen LogP contribution in [0.3, 0.4) is 0 Å². The minimum Gasteiger partial charge on any atom is -0.481 e. The molecule has 4 rings (SSSR count). The summed E-state index contributed by atoms with van der Waals surface area (Å²) >= 11 is 12.5. The fraction of sp³-hybridized carbons (Fsp3) is 0.318. The lowest BCUT2D eigenvalue weighted by Gasteiger charge is -2.33. The molecule has 0 amide bonds. The van der Waals surface area contributed by atoms with Gasteiger partial charge in [0.05, 0.1) is 16.0 Å². The van der Waals surface area contributed by atoms with Gasteiger partial charge in [0.2, 0.25) is 0 Å². The highest BCUT2D eigenvalue weighted by Crippen LogP contribution is 2.44. The highest BCUT2D eigenvalue weighted by atomic mass is 35.5. The Hall–Kier alpha value is -1.97. The van der Waals surface area contributed by atoms with Crippen LogP contribution < -0.4 is 0 Å². The molecule has 1 heterocycles. The molecule has 27 heavy (non-hydrogen) atoms. The molecule has 1 atom stereocenters. The predicted octanol–water partition coefficient (Wildman–Crippen LogP) is 6.06. The van der Waals surface area contributed by atoms with Crippen molar-refractivity contribution in [2.24, 2.45) is 5.41 Å². The zero-order valence-electron chi connectivity index (χ0n) is 14.9. The molecule has 0 fully saturated rings. The second-order valence-corrected chi connectivity index (χ2v) is 8.34. The summed E-state index contributed by atoms with van der Waals surface area (Å²) in [6.07, 6.45) is 4.29. The van der Waals surface area contributed by atoms with Gasteiger partial charge in [0.15, 0.2) is 0 Å². The zero-order chi connectivity index (χ0) is 19.0. The number of carboxylic acids is 1. The standard InChI is InChI=1S/C22H21Cl2NO2/c23-15-11-16-17-13-22(21(26)27,9-4-7-14-5-2-1-3-6-14)10-8-19(17)25-20(16)18(24)12-15/h1-3,5-6,11-12,25H,4,7-10,13H2,(H,26,27). The number of rotatable bonds is 5. The molecule has 0 saturated carbocycles. The molecule has 0 spiro atoms. The first kappa shape index (κ1) is 18.4. The second kappa shape index (κ2) is 7.21. The molecule has 3 aromatic rings. The van der Waals surface area contributed by atoms with E-state index in [0.717, 1.165) is 41.4 Å². The quantitative estimate of drug-likeness (QED) is 0.545. The van der Waals surface area contributed by atoms with E-state index in [2.05, 4.69) is 17.1 Å². The fourth-order valence-corrected chi connectivity index (χ4v) is 4.85. The molecule has 140 valence electrons. The van der Waals surface area contributed by atoms with Gasteiger partial charge in [-0.15, -0.1) is 0 Å². The van der Waals surface area contributed by atoms with E-state index in [1.54, 1.807) is 6.07 Å². The van der Waals surface area contributed by atoms with E-state index < -0.39 is 11.4 Å². The first-order valence-electron chi connectivity index (χ1n) is 9.24. The van der Waals surface area contributed by atoms with Crippen LogP contribution in [0.4, 0.5) is 0 Å². The summed E-state index contributed by atoms with van der Waals surface area (Å²) < 4.78 is 0. The Morgan fingerprint density at radius 3 is 2.70 bits per heavy atom. The normalized spacial score (nSPS) is 19.2. The van der Waals surface area contributed by atoms with Gasteiger partial charge in [-0.3, -0.25) is 4.79 Å². The Kier molecular flexibility index (Phi) is 4.92. The number of nitrogens with one attached hydrogen (secondary N) is 1. The molecular formula is C22H21Cl2NO2. The molecule has 0 radical (unpaired) electrons. The van der Waals surface area contributed by atoms with E-state index in [9.17, 15) is 9.90 Å². The van der Waals surface area contributed by atoms with Gasteiger partial charge >= 0.3 is 5.97 Å². The van der Waals surface area contributed by atoms with Crippen LogP contribution in [0.2, 0.25) is 10.0 Å². The molecule has 0 saturated heterocycles. The summed E-state index contributed by atoms with van der Waals surface area (Å²) in [6.45, 7) is 0. The Morgan fingerprint density at radius 2 is 1.96 bits per heavy atom. The Balaban J connectivity index is 1.61. The van der Waals surface area contributed by atoms with Gasteiger partial charge in [-0.2, -0.15) is 0 Å². The SMILES string of the molecule is O=C(O)C1(CCCc2ccccc2)CCc2[nH]c3c(Cl)cc(Cl)cc3c2C1. The lowest BCUT2D eigenvalue weighted by atomic mass is 9.69. The first-order chi connectivity index (χ1) is 13.0. The number of carbonyl (C=O) groups is 1. The molecule has 1 aliphatic carbocycles. The van der Waals surface area contributed by atoms with Crippen LogP contribution in [0, 0.1) is 5.41 Å². The van der Waals surface area contributed by atoms with Crippen LogP contribution in [0.25, 0.3) is 10.9 Å². The summed E-state index contributed by atoms with van der Waals surface area (Å²) in [5.74, 6) is -0.705. The van der Waals surface area contributed by atoms with Crippen molar-refractivity contribution in [3.63, 3.8) is 0 Å². The average Bonchev–Trinajstić information content (AvgIpc) is 3.01. The third-order valence-corrected chi connectivity index (χ3v) is 6.32. The third kappa shape index (κ3) is 3.46. The van der Waals surface area contributed by atoms with Crippen LogP contribution in [0.5, 0.6) is 0 Å². The molecule has 2 N–H and O–H groups in total. The molecule has 5 heteroatoms. The Morgan fingerprint density at radius 1 is 1.19 bits per heavy atom. The van der Waals surface area contributed by atoms with E-state index in [4.69, 9.17) is 23.2 Å². The molecule has 3 nitrogen and oxygen atoms in total. The number of aromatic nitrogens is 1. The van der Waals surface area contributed by atoms with Crippen molar-refractivity contribution in [1.82, 2.24) is 4.98 Å². The minimum absolute atomic E-state index is 0.517. The Labute approximate surface area is 168 Å². The molecule has 1 aliphatic rings. The summed E-state index contributed by atoms with van der Waals surface area (Å²) in [4.78, 5) is 15.6. The molecule has 2 aromatic carbocycles. The fourth-order valence-electron chi connectivity index (χ4n) is 4.31. The molecule has 1 aromatic heterocycles. The number of benzene rings is 2. The maximum absolute atomic E-state index is 12.3. The monoisotopic (exact) mass is 401 g/mol. The highest BCUT2D eigenvalue weighted by molar-refractivity contribution is 6.38. The number of fused-ring (bicyclic) bond motifs is 3. The van der Waals surface area contributed by atoms with Gasteiger partial charge in [-0.25, -0.2) is 0 Å². The van der Waals surface area contributed by atoms with Crippen LogP contribution in [-0.2, 0) is 24.1 Å². The summed E-state index contributed by atoms with van der Waals surface area (Å²) in [6, 6.07) is 13.8. The van der Waals surface area contributed by atoms with Crippen molar-refractivity contribution >= 4 is 40.1 Å². The van der Waals surface area contributed by atoms with Gasteiger partial charge in [0.25, 0.3) is 0 Å². The smallest absolute Gasteiger partial charge is 0.309 e. The van der Waals surface area contributed by atoms with E-state index in [-0.39, 0.29) is 0 Å². The van der Waals surface area contributed by atoms with Gasteiger partial charge in [-0.05, 0) is 61.8 Å². The lowest BCUT2D eigenvalue weighted by Crippen LogP contribution is -2.37. The third-order valence-electron chi connectivity index (χ3n) is 5.81. The Bertz CT molecular complexity index is 996. The maximum atomic E-state index is 12.3. The van der Waals surface area contributed by atoms with Crippen LogP contribution in [0.15, 0.2) is 42.5 Å². The number of aromatic amines is 1. The van der Waals surface area contributed by atoms with Crippen molar-refractivity contribution in [2.45, 2.75) is 38.5 Å². The average molecular weight is 402 g/mol. The summed E-state index contributed by atoms with van der Waals surface area (Å²) in [5.41, 5.74) is 3.53. The zero-order valence-corrected chi connectivity index (χ0v) is 16.4. The number of hydrogen-bond acceptors (Lipinski definition) is 1. The van der Waals surface area contributed by atoms with Crippen LogP contribution in [-0.4, -0.2) is 16.1 Å². The lowest BCUT2D eigenvalue weighted by molar-refractivity contribution is -0.150. The highest BCUT2D eigenvalue weighted by Gasteiger charge is 2.42. The predicted molar refractivity (Wildman–Crippen MR) is 110 cm³/mol. The molecular weight excluding hydrogens is 381 g/mol. The van der Waals surface area contributed by atoms with Crippen molar-refractivity contribution in [2.75, 3.05) is 0 Å². The van der Waals surface area contributed by atoms with Crippen LogP contribution >= 0.6 is 23.2 Å².